The first-order valence-corrected chi connectivity index (χ1v) is 7.39. The van der Waals surface area contributed by atoms with E-state index in [1.807, 2.05) is 25.1 Å². The molecule has 21 heavy (non-hydrogen) atoms. The van der Waals surface area contributed by atoms with Crippen molar-refractivity contribution in [1.29, 1.82) is 0 Å². The average Bonchev–Trinajstić information content (AvgIpc) is 3.24. The zero-order valence-electron chi connectivity index (χ0n) is 12.3. The van der Waals surface area contributed by atoms with Crippen LogP contribution in [-0.4, -0.2) is 29.5 Å². The van der Waals surface area contributed by atoms with Crippen LogP contribution in [0.15, 0.2) is 30.3 Å². The van der Waals surface area contributed by atoms with Gasteiger partial charge in [-0.15, -0.1) is 5.10 Å². The molecule has 0 radical (unpaired) electrons. The van der Waals surface area contributed by atoms with Gasteiger partial charge in [-0.05, 0) is 37.5 Å². The number of aromatic amines is 1. The molecule has 0 unspecified atom stereocenters. The molecule has 1 aromatic carbocycles. The Bertz CT molecular complexity index is 578. The van der Waals surface area contributed by atoms with E-state index < -0.39 is 0 Å². The van der Waals surface area contributed by atoms with Crippen LogP contribution >= 0.6 is 0 Å². The van der Waals surface area contributed by atoms with Crippen molar-refractivity contribution in [3.05, 3.63) is 41.6 Å². The highest BCUT2D eigenvalue weighted by molar-refractivity contribution is 5.28. The third-order valence-electron chi connectivity index (χ3n) is 3.36. The molecule has 1 fully saturated rings. The molecule has 2 aromatic rings. The minimum Gasteiger partial charge on any atom is -0.490 e. The lowest BCUT2D eigenvalue weighted by Crippen LogP contribution is -2.15. The normalized spacial score (nSPS) is 14.1. The zero-order chi connectivity index (χ0) is 14.5. The third-order valence-corrected chi connectivity index (χ3v) is 3.36. The molecule has 0 spiro atoms. The fourth-order valence-corrected chi connectivity index (χ4v) is 2.07. The highest BCUT2D eigenvalue weighted by atomic mass is 16.5. The maximum absolute atomic E-state index is 5.71. The Morgan fingerprint density at radius 2 is 2.10 bits per heavy atom. The van der Waals surface area contributed by atoms with Crippen LogP contribution in [0.5, 0.6) is 11.6 Å². The van der Waals surface area contributed by atoms with E-state index in [2.05, 4.69) is 27.6 Å². The van der Waals surface area contributed by atoms with Gasteiger partial charge in [-0.3, -0.25) is 5.10 Å². The Morgan fingerprint density at radius 1 is 1.24 bits per heavy atom. The molecule has 0 amide bonds. The summed E-state index contributed by atoms with van der Waals surface area (Å²) in [7, 11) is 0. The molecule has 112 valence electrons. The van der Waals surface area contributed by atoms with Gasteiger partial charge in [-0.25, -0.2) is 0 Å². The lowest BCUT2D eigenvalue weighted by molar-refractivity contribution is 0.211. The molecule has 2 N–H and O–H groups in total. The van der Waals surface area contributed by atoms with E-state index in [4.69, 9.17) is 9.47 Å². The van der Waals surface area contributed by atoms with Crippen molar-refractivity contribution in [1.82, 2.24) is 15.5 Å². The Labute approximate surface area is 124 Å². The van der Waals surface area contributed by atoms with E-state index in [0.29, 0.717) is 19.1 Å². The Balaban J connectivity index is 1.40. The Morgan fingerprint density at radius 3 is 2.86 bits per heavy atom. The lowest BCUT2D eigenvalue weighted by atomic mass is 10.2. The zero-order valence-corrected chi connectivity index (χ0v) is 12.3. The molecular weight excluding hydrogens is 266 g/mol. The molecular formula is C16H21N3O2. The summed E-state index contributed by atoms with van der Waals surface area (Å²) in [6.45, 7) is 3.84. The van der Waals surface area contributed by atoms with Crippen LogP contribution in [0.2, 0.25) is 0 Å². The molecule has 3 rings (SSSR count). The second kappa shape index (κ2) is 6.63. The number of aromatic nitrogens is 2. The van der Waals surface area contributed by atoms with Gasteiger partial charge >= 0.3 is 0 Å². The first-order valence-electron chi connectivity index (χ1n) is 7.39. The van der Waals surface area contributed by atoms with Crippen LogP contribution < -0.4 is 14.8 Å². The van der Waals surface area contributed by atoms with Gasteiger partial charge in [0.05, 0.1) is 0 Å². The number of hydrogen-bond donors (Lipinski definition) is 2. The van der Waals surface area contributed by atoms with Gasteiger partial charge in [-0.1, -0.05) is 12.1 Å². The maximum Gasteiger partial charge on any atom is 0.232 e. The molecule has 1 aliphatic rings. The Kier molecular flexibility index (Phi) is 4.40. The summed E-state index contributed by atoms with van der Waals surface area (Å²) in [6, 6.07) is 10.8. The number of benzene rings is 1. The number of ether oxygens (including phenoxy) is 2. The van der Waals surface area contributed by atoms with Gasteiger partial charge in [0.2, 0.25) is 5.88 Å². The van der Waals surface area contributed by atoms with Crippen LogP contribution in [0, 0.1) is 6.92 Å². The smallest absolute Gasteiger partial charge is 0.232 e. The van der Waals surface area contributed by atoms with Crippen molar-refractivity contribution < 1.29 is 9.47 Å². The number of aryl methyl sites for hydroxylation is 1. The summed E-state index contributed by atoms with van der Waals surface area (Å²) in [5.74, 6) is 1.49. The van der Waals surface area contributed by atoms with Crippen molar-refractivity contribution >= 4 is 0 Å². The standard InChI is InChI=1S/C16H21N3O2/c1-12-9-16(19-18-12)21-8-7-20-15-4-2-3-13(10-15)11-17-14-5-6-14/h2-4,9-10,14,17H,5-8,11H2,1H3,(H,18,19). The lowest BCUT2D eigenvalue weighted by Gasteiger charge is -2.09. The topological polar surface area (TPSA) is 59.2 Å². The molecule has 0 atom stereocenters. The number of H-pyrrole nitrogens is 1. The fraction of sp³-hybridized carbons (Fsp3) is 0.438. The largest absolute Gasteiger partial charge is 0.490 e. The Hall–Kier alpha value is -2.01. The van der Waals surface area contributed by atoms with E-state index in [0.717, 1.165) is 24.0 Å². The summed E-state index contributed by atoms with van der Waals surface area (Å²) in [4.78, 5) is 0. The van der Waals surface area contributed by atoms with Gasteiger partial charge < -0.3 is 14.8 Å². The van der Waals surface area contributed by atoms with Gasteiger partial charge in [0.25, 0.3) is 0 Å². The van der Waals surface area contributed by atoms with Crippen LogP contribution in [0.25, 0.3) is 0 Å². The number of hydrogen-bond acceptors (Lipinski definition) is 4. The molecule has 0 aliphatic heterocycles. The first-order chi connectivity index (χ1) is 10.3. The van der Waals surface area contributed by atoms with Crippen LogP contribution in [0.1, 0.15) is 24.1 Å². The maximum atomic E-state index is 5.71. The van der Waals surface area contributed by atoms with Gasteiger partial charge in [-0.2, -0.15) is 0 Å². The van der Waals surface area contributed by atoms with E-state index in [-0.39, 0.29) is 0 Å². The minimum atomic E-state index is 0.481. The van der Waals surface area contributed by atoms with E-state index in [9.17, 15) is 0 Å². The quantitative estimate of drug-likeness (QED) is 0.732. The third kappa shape index (κ3) is 4.49. The van der Waals surface area contributed by atoms with E-state index in [1.54, 1.807) is 0 Å². The highest BCUT2D eigenvalue weighted by Crippen LogP contribution is 2.20. The predicted octanol–water partition coefficient (Wildman–Crippen LogP) is 2.43. The summed E-state index contributed by atoms with van der Waals surface area (Å²) in [5, 5.41) is 10.3. The molecule has 0 bridgehead atoms. The van der Waals surface area contributed by atoms with Crippen molar-refractivity contribution in [2.45, 2.75) is 32.4 Å². The molecule has 1 saturated carbocycles. The average molecular weight is 287 g/mol. The summed E-state index contributed by atoms with van der Waals surface area (Å²) >= 11 is 0. The number of nitrogens with zero attached hydrogens (tertiary/aromatic N) is 1. The van der Waals surface area contributed by atoms with Gasteiger partial charge in [0, 0.05) is 24.3 Å². The first kappa shape index (κ1) is 13.9. The van der Waals surface area contributed by atoms with Crippen molar-refractivity contribution in [2.24, 2.45) is 0 Å². The molecule has 1 aromatic heterocycles. The number of rotatable bonds is 8. The van der Waals surface area contributed by atoms with Crippen LogP contribution in [0.3, 0.4) is 0 Å². The number of nitrogens with one attached hydrogen (secondary N) is 2. The molecule has 5 nitrogen and oxygen atoms in total. The van der Waals surface area contributed by atoms with Crippen molar-refractivity contribution in [3.8, 4) is 11.6 Å². The van der Waals surface area contributed by atoms with Crippen molar-refractivity contribution in [2.75, 3.05) is 13.2 Å². The van der Waals surface area contributed by atoms with Crippen molar-refractivity contribution in [3.63, 3.8) is 0 Å². The van der Waals surface area contributed by atoms with E-state index in [1.165, 1.54) is 18.4 Å². The second-order valence-corrected chi connectivity index (χ2v) is 5.39. The minimum absolute atomic E-state index is 0.481. The van der Waals surface area contributed by atoms with Crippen LogP contribution in [0.4, 0.5) is 0 Å². The van der Waals surface area contributed by atoms with Crippen LogP contribution in [-0.2, 0) is 6.54 Å². The summed E-state index contributed by atoms with van der Waals surface area (Å²) in [5.41, 5.74) is 2.24. The van der Waals surface area contributed by atoms with Gasteiger partial charge in [0.1, 0.15) is 19.0 Å². The summed E-state index contributed by atoms with van der Waals surface area (Å²) < 4.78 is 11.2. The molecule has 5 heteroatoms. The van der Waals surface area contributed by atoms with Gasteiger partial charge in [0.15, 0.2) is 0 Å². The molecule has 0 saturated heterocycles. The summed E-state index contributed by atoms with van der Waals surface area (Å²) in [6.07, 6.45) is 2.61. The SMILES string of the molecule is Cc1cc(OCCOc2cccc(CNC3CC3)c2)n[nH]1. The molecule has 1 aliphatic carbocycles. The monoisotopic (exact) mass is 287 g/mol. The van der Waals surface area contributed by atoms with E-state index >= 15 is 0 Å². The predicted molar refractivity (Wildman–Crippen MR) is 80.6 cm³/mol. The fourth-order valence-electron chi connectivity index (χ4n) is 2.07. The molecule has 1 heterocycles. The highest BCUT2D eigenvalue weighted by Gasteiger charge is 2.19. The second-order valence-electron chi connectivity index (χ2n) is 5.39.